The lowest BCUT2D eigenvalue weighted by Crippen LogP contribution is -2.33. The molecule has 37 heavy (non-hydrogen) atoms. The Morgan fingerprint density at radius 1 is 1.22 bits per heavy atom. The van der Waals surface area contributed by atoms with Gasteiger partial charge in [-0.3, -0.25) is 9.59 Å². The SMILES string of the molecule is [2H]C1([2H])N(c2nc3ccc(Br)cc3c(C(=O)NCC(CCC(=O)O)c3c(F)ccc(F)c3Cl)c2C)C([2H])([2H])C([2H])([2H])C([2H])([2H])C1([2H])[2H]. The van der Waals surface area contributed by atoms with E-state index >= 15 is 0 Å². The van der Waals surface area contributed by atoms with E-state index in [-0.39, 0.29) is 38.9 Å². The molecule has 1 aromatic heterocycles. The number of hydrogen-bond donors (Lipinski definition) is 2. The molecule has 0 aliphatic carbocycles. The number of carboxylic acid groups (broad SMARTS) is 1. The van der Waals surface area contributed by atoms with Gasteiger partial charge in [-0.1, -0.05) is 27.5 Å². The molecule has 2 heterocycles. The van der Waals surface area contributed by atoms with E-state index in [4.69, 9.17) is 25.3 Å². The maximum atomic E-state index is 14.9. The van der Waals surface area contributed by atoms with Crippen molar-refractivity contribution >= 4 is 56.1 Å². The van der Waals surface area contributed by atoms with Gasteiger partial charge >= 0.3 is 5.97 Å². The minimum atomic E-state index is -3.68. The molecule has 1 unspecified atom stereocenters. The van der Waals surface area contributed by atoms with Gasteiger partial charge in [-0.05, 0) is 62.8 Å². The van der Waals surface area contributed by atoms with Crippen molar-refractivity contribution in [1.29, 1.82) is 0 Å². The highest BCUT2D eigenvalue weighted by atomic mass is 79.9. The molecule has 4 rings (SSSR count). The number of piperidine rings is 1. The Balaban J connectivity index is 1.90. The number of pyridine rings is 1. The van der Waals surface area contributed by atoms with Crippen molar-refractivity contribution < 1.29 is 37.2 Å². The normalized spacial score (nSPS) is 25.4. The largest absolute Gasteiger partial charge is 0.481 e. The number of halogens is 4. The summed E-state index contributed by atoms with van der Waals surface area (Å²) in [7, 11) is 0. The highest BCUT2D eigenvalue weighted by Crippen LogP contribution is 2.34. The molecular weight excluding hydrogens is 568 g/mol. The van der Waals surface area contributed by atoms with Crippen LogP contribution in [0.5, 0.6) is 0 Å². The van der Waals surface area contributed by atoms with Gasteiger partial charge in [0.1, 0.15) is 17.5 Å². The van der Waals surface area contributed by atoms with Gasteiger partial charge in [-0.25, -0.2) is 13.8 Å². The van der Waals surface area contributed by atoms with Gasteiger partial charge in [0.05, 0.1) is 16.1 Å². The predicted octanol–water partition coefficient (Wildman–Crippen LogP) is 6.61. The molecule has 6 nitrogen and oxygen atoms in total. The zero-order chi connectivity index (χ0) is 35.7. The molecule has 0 saturated carbocycles. The molecule has 1 atom stereocenters. The summed E-state index contributed by atoms with van der Waals surface area (Å²) in [5.41, 5.74) is -0.939. The first kappa shape index (κ1) is 16.9. The van der Waals surface area contributed by atoms with Gasteiger partial charge in [0.2, 0.25) is 0 Å². The second-order valence-electron chi connectivity index (χ2n) is 8.13. The van der Waals surface area contributed by atoms with Crippen LogP contribution in [0.15, 0.2) is 34.8 Å². The van der Waals surface area contributed by atoms with E-state index in [2.05, 4.69) is 26.2 Å². The lowest BCUT2D eigenvalue weighted by molar-refractivity contribution is -0.137. The summed E-state index contributed by atoms with van der Waals surface area (Å²) in [4.78, 5) is 29.6. The highest BCUT2D eigenvalue weighted by Gasteiger charge is 2.26. The number of aromatic nitrogens is 1. The molecule has 1 amide bonds. The van der Waals surface area contributed by atoms with Gasteiger partial charge in [-0.15, -0.1) is 0 Å². The lowest BCUT2D eigenvalue weighted by atomic mass is 9.93. The number of carboxylic acids is 1. The van der Waals surface area contributed by atoms with Crippen molar-refractivity contribution in [2.24, 2.45) is 0 Å². The van der Waals surface area contributed by atoms with Crippen LogP contribution in [0, 0.1) is 18.6 Å². The number of nitrogens with one attached hydrogen (secondary N) is 1. The molecule has 0 radical (unpaired) electrons. The van der Waals surface area contributed by atoms with Crippen molar-refractivity contribution in [3.05, 3.63) is 68.2 Å². The third kappa shape index (κ3) is 6.04. The Morgan fingerprint density at radius 2 is 1.92 bits per heavy atom. The minimum absolute atomic E-state index is 0.0399. The van der Waals surface area contributed by atoms with Crippen LogP contribution in [0.25, 0.3) is 10.9 Å². The third-order valence-corrected chi connectivity index (χ3v) is 6.64. The van der Waals surface area contributed by atoms with E-state index in [1.165, 1.54) is 25.1 Å². The average Bonchev–Trinajstić information content (AvgIpc) is 2.95. The predicted molar refractivity (Wildman–Crippen MR) is 144 cm³/mol. The van der Waals surface area contributed by atoms with E-state index in [9.17, 15) is 23.5 Å². The Labute approximate surface area is 241 Å². The van der Waals surface area contributed by atoms with Crippen LogP contribution in [-0.4, -0.2) is 41.5 Å². The van der Waals surface area contributed by atoms with E-state index in [1.54, 1.807) is 0 Å². The lowest BCUT2D eigenvalue weighted by Gasteiger charge is -2.30. The number of benzene rings is 2. The molecule has 2 aromatic carbocycles. The van der Waals surface area contributed by atoms with Gasteiger partial charge < -0.3 is 15.3 Å². The van der Waals surface area contributed by atoms with Crippen LogP contribution in [0.1, 0.15) is 73.1 Å². The number of hydrogen-bond acceptors (Lipinski definition) is 4. The van der Waals surface area contributed by atoms with Crippen LogP contribution in [0.4, 0.5) is 14.6 Å². The number of fused-ring (bicyclic) bond motifs is 1. The molecule has 1 saturated heterocycles. The number of amides is 1. The first-order valence-corrected chi connectivity index (χ1v) is 12.1. The van der Waals surface area contributed by atoms with E-state index in [0.29, 0.717) is 4.47 Å². The first-order chi connectivity index (χ1) is 21.4. The molecule has 2 N–H and O–H groups in total. The Kier molecular flexibility index (Phi) is 5.37. The van der Waals surface area contributed by atoms with Crippen molar-refractivity contribution in [3.8, 4) is 0 Å². The van der Waals surface area contributed by atoms with Gasteiger partial charge in [0.25, 0.3) is 5.91 Å². The van der Waals surface area contributed by atoms with E-state index < -0.39 is 85.3 Å². The summed E-state index contributed by atoms with van der Waals surface area (Å²) in [5.74, 6) is -5.98. The van der Waals surface area contributed by atoms with Crippen LogP contribution in [0.2, 0.25) is 5.02 Å². The van der Waals surface area contributed by atoms with Crippen LogP contribution < -0.4 is 10.2 Å². The Morgan fingerprint density at radius 3 is 2.62 bits per heavy atom. The van der Waals surface area contributed by atoms with Crippen molar-refractivity contribution in [3.63, 3.8) is 0 Å². The second-order valence-corrected chi connectivity index (χ2v) is 9.42. The number of anilines is 1. The molecule has 0 spiro atoms. The van der Waals surface area contributed by atoms with E-state index in [0.717, 1.165) is 12.1 Å². The van der Waals surface area contributed by atoms with Gasteiger partial charge in [0.15, 0.2) is 0 Å². The van der Waals surface area contributed by atoms with Crippen molar-refractivity contribution in [2.45, 2.75) is 44.8 Å². The standard InChI is InChI=1S/C27H27BrClF2N3O3/c1-15-23(18-13-17(28)6-9-21(18)33-26(15)34-11-3-2-4-12-34)27(37)32-14-16(5-10-22(35)36)24-19(30)7-8-20(31)25(24)29/h6-9,13,16H,2-5,10-12,14H2,1H3,(H,32,37)(H,35,36)/i2D2,3D2,4D2,11D2,12D2. The number of carbonyl (C=O) groups is 2. The summed E-state index contributed by atoms with van der Waals surface area (Å²) in [6.45, 7) is -6.40. The number of rotatable bonds is 8. The second kappa shape index (κ2) is 11.7. The molecule has 10 heteroatoms. The summed E-state index contributed by atoms with van der Waals surface area (Å²) in [6.07, 6.45) is -11.8. The Bertz CT molecular complexity index is 1750. The highest BCUT2D eigenvalue weighted by molar-refractivity contribution is 9.10. The van der Waals surface area contributed by atoms with Crippen molar-refractivity contribution in [1.82, 2.24) is 10.3 Å². The van der Waals surface area contributed by atoms with Gasteiger partial charge in [0, 0.05) is 66.6 Å². The summed E-state index contributed by atoms with van der Waals surface area (Å²) >= 11 is 9.32. The minimum Gasteiger partial charge on any atom is -0.481 e. The molecule has 1 aliphatic heterocycles. The maximum absolute atomic E-state index is 14.9. The summed E-state index contributed by atoms with van der Waals surface area (Å²) < 4.78 is 113. The summed E-state index contributed by atoms with van der Waals surface area (Å²) in [6, 6.07) is 5.90. The molecule has 1 aliphatic rings. The zero-order valence-electron chi connectivity index (χ0n) is 29.3. The van der Waals surface area contributed by atoms with Gasteiger partial charge in [-0.2, -0.15) is 0 Å². The number of carbonyl (C=O) groups excluding carboxylic acids is 1. The molecule has 196 valence electrons. The fraction of sp³-hybridized carbons (Fsp3) is 0.370. The molecule has 0 bridgehead atoms. The topological polar surface area (TPSA) is 82.5 Å². The van der Waals surface area contributed by atoms with Crippen LogP contribution in [-0.2, 0) is 4.79 Å². The fourth-order valence-electron chi connectivity index (χ4n) is 4.03. The average molecular weight is 605 g/mol. The number of aliphatic carboxylic acids is 1. The smallest absolute Gasteiger partial charge is 0.303 e. The zero-order valence-corrected chi connectivity index (χ0v) is 21.6. The van der Waals surface area contributed by atoms with Crippen LogP contribution >= 0.6 is 27.5 Å². The summed E-state index contributed by atoms with van der Waals surface area (Å²) in [5, 5.41) is 11.3. The Hall–Kier alpha value is -2.78. The maximum Gasteiger partial charge on any atom is 0.303 e. The molecule has 1 fully saturated rings. The van der Waals surface area contributed by atoms with Crippen LogP contribution in [0.3, 0.4) is 0 Å². The quantitative estimate of drug-likeness (QED) is 0.283. The number of nitrogens with zero attached hydrogens (tertiary/aromatic N) is 2. The monoisotopic (exact) mass is 603 g/mol. The fourth-order valence-corrected chi connectivity index (χ4v) is 4.70. The third-order valence-electron chi connectivity index (χ3n) is 5.77. The molecular formula is C27H27BrClF2N3O3. The van der Waals surface area contributed by atoms with E-state index in [1.807, 2.05) is 0 Å². The molecule has 3 aromatic rings. The van der Waals surface area contributed by atoms with Crippen molar-refractivity contribution in [2.75, 3.05) is 24.4 Å². The first-order valence-electron chi connectivity index (χ1n) is 16.0.